The van der Waals surface area contributed by atoms with Gasteiger partial charge < -0.3 is 9.88 Å². The SMILES string of the molecule is C1=c2cc(-c3c(-c4ccn(C5CC5)n4)nc4n3CCC4)ccc2=NCN1. The summed E-state index contributed by atoms with van der Waals surface area (Å²) in [7, 11) is 0. The van der Waals surface area contributed by atoms with E-state index in [1.54, 1.807) is 0 Å². The van der Waals surface area contributed by atoms with Crippen LogP contribution in [-0.4, -0.2) is 26.0 Å². The minimum atomic E-state index is 0.590. The van der Waals surface area contributed by atoms with E-state index in [0.29, 0.717) is 12.7 Å². The summed E-state index contributed by atoms with van der Waals surface area (Å²) in [6.45, 7) is 1.68. The summed E-state index contributed by atoms with van der Waals surface area (Å²) in [5.74, 6) is 1.18. The molecule has 6 rings (SSSR count). The Hall–Kier alpha value is -2.89. The molecule has 130 valence electrons. The van der Waals surface area contributed by atoms with Gasteiger partial charge in [-0.05, 0) is 37.5 Å². The molecule has 3 aliphatic rings. The second kappa shape index (κ2) is 5.30. The molecule has 1 fully saturated rings. The van der Waals surface area contributed by atoms with Crippen LogP contribution in [0.3, 0.4) is 0 Å². The standard InChI is InChI=1S/C20H20N6/c1-2-18-23-19(17-7-9-26(24-17)15-4-5-15)20(25(18)8-1)13-3-6-16-14(10-13)11-21-12-22-16/h3,6-7,9-11,15,21H,1-2,4-5,8,12H2. The third-order valence-corrected chi connectivity index (χ3v) is 5.50. The first kappa shape index (κ1) is 14.3. The van der Waals surface area contributed by atoms with Gasteiger partial charge in [-0.1, -0.05) is 6.07 Å². The van der Waals surface area contributed by atoms with E-state index in [1.165, 1.54) is 36.3 Å². The van der Waals surface area contributed by atoms with Crippen LogP contribution < -0.4 is 15.9 Å². The Bertz CT molecular complexity index is 1130. The third kappa shape index (κ3) is 2.14. The molecule has 1 aromatic carbocycles. The highest BCUT2D eigenvalue weighted by Crippen LogP contribution is 2.37. The molecule has 0 unspecified atom stereocenters. The number of aryl methyl sites for hydroxylation is 1. The zero-order valence-electron chi connectivity index (χ0n) is 14.5. The Morgan fingerprint density at radius 2 is 2.12 bits per heavy atom. The van der Waals surface area contributed by atoms with Gasteiger partial charge in [0.1, 0.15) is 23.9 Å². The first-order valence-electron chi connectivity index (χ1n) is 9.40. The average molecular weight is 344 g/mol. The number of aromatic nitrogens is 4. The van der Waals surface area contributed by atoms with Crippen molar-refractivity contribution in [1.29, 1.82) is 0 Å². The van der Waals surface area contributed by atoms with Crippen LogP contribution in [0.15, 0.2) is 35.5 Å². The monoisotopic (exact) mass is 344 g/mol. The molecule has 0 atom stereocenters. The smallest absolute Gasteiger partial charge is 0.117 e. The highest BCUT2D eigenvalue weighted by atomic mass is 15.3. The molecule has 2 aliphatic heterocycles. The number of rotatable bonds is 3. The Balaban J connectivity index is 1.55. The van der Waals surface area contributed by atoms with Crippen LogP contribution in [0.25, 0.3) is 28.8 Å². The van der Waals surface area contributed by atoms with E-state index in [1.807, 2.05) is 0 Å². The summed E-state index contributed by atoms with van der Waals surface area (Å²) in [5, 5.41) is 10.2. The molecule has 0 spiro atoms. The predicted molar refractivity (Wildman–Crippen MR) is 98.7 cm³/mol. The lowest BCUT2D eigenvalue weighted by atomic mass is 10.1. The highest BCUT2D eigenvalue weighted by Gasteiger charge is 2.27. The van der Waals surface area contributed by atoms with Gasteiger partial charge in [-0.25, -0.2) is 4.98 Å². The van der Waals surface area contributed by atoms with Crippen LogP contribution in [0.5, 0.6) is 0 Å². The molecule has 6 heteroatoms. The molecular formula is C20H20N6. The lowest BCUT2D eigenvalue weighted by molar-refractivity contribution is 0.643. The fraction of sp³-hybridized carbons (Fsp3) is 0.350. The van der Waals surface area contributed by atoms with Crippen molar-refractivity contribution in [1.82, 2.24) is 24.6 Å². The largest absolute Gasteiger partial charge is 0.372 e. The number of benzene rings is 1. The summed E-state index contributed by atoms with van der Waals surface area (Å²) < 4.78 is 4.48. The van der Waals surface area contributed by atoms with E-state index >= 15 is 0 Å². The first-order valence-corrected chi connectivity index (χ1v) is 9.40. The summed E-state index contributed by atoms with van der Waals surface area (Å²) in [4.78, 5) is 9.50. The van der Waals surface area contributed by atoms with Gasteiger partial charge >= 0.3 is 0 Å². The van der Waals surface area contributed by atoms with Crippen LogP contribution in [0.1, 0.15) is 31.1 Å². The van der Waals surface area contributed by atoms with Crippen molar-refractivity contribution in [2.24, 2.45) is 4.99 Å². The third-order valence-electron chi connectivity index (χ3n) is 5.50. The molecule has 1 aliphatic carbocycles. The van der Waals surface area contributed by atoms with Gasteiger partial charge in [-0.2, -0.15) is 5.10 Å². The molecule has 4 heterocycles. The Kier molecular flexibility index (Phi) is 2.92. The molecule has 1 N–H and O–H groups in total. The fourth-order valence-electron chi connectivity index (χ4n) is 4.05. The van der Waals surface area contributed by atoms with Crippen molar-refractivity contribution in [3.05, 3.63) is 46.9 Å². The number of nitrogens with zero attached hydrogens (tertiary/aromatic N) is 5. The second-order valence-electron chi connectivity index (χ2n) is 7.33. The van der Waals surface area contributed by atoms with Crippen LogP contribution in [0, 0.1) is 0 Å². The van der Waals surface area contributed by atoms with Crippen LogP contribution in [0.4, 0.5) is 0 Å². The van der Waals surface area contributed by atoms with Gasteiger partial charge in [-0.3, -0.25) is 9.67 Å². The molecular weight excluding hydrogens is 324 g/mol. The summed E-state index contributed by atoms with van der Waals surface area (Å²) in [6.07, 6.45) is 8.85. The topological polar surface area (TPSA) is 60.0 Å². The maximum Gasteiger partial charge on any atom is 0.117 e. The molecule has 1 saturated carbocycles. The van der Waals surface area contributed by atoms with Crippen molar-refractivity contribution < 1.29 is 0 Å². The summed E-state index contributed by atoms with van der Waals surface area (Å²) in [5.41, 5.74) is 4.38. The van der Waals surface area contributed by atoms with E-state index in [2.05, 4.69) is 56.2 Å². The van der Waals surface area contributed by atoms with Crippen molar-refractivity contribution in [3.8, 4) is 22.6 Å². The van der Waals surface area contributed by atoms with E-state index < -0.39 is 0 Å². The molecule has 26 heavy (non-hydrogen) atoms. The number of nitrogens with one attached hydrogen (secondary N) is 1. The molecule has 0 saturated heterocycles. The maximum absolute atomic E-state index is 4.98. The van der Waals surface area contributed by atoms with Crippen LogP contribution in [0.2, 0.25) is 0 Å². The summed E-state index contributed by atoms with van der Waals surface area (Å²) in [6, 6.07) is 9.21. The Morgan fingerprint density at radius 1 is 1.15 bits per heavy atom. The quantitative estimate of drug-likeness (QED) is 0.785. The number of fused-ring (bicyclic) bond motifs is 2. The van der Waals surface area contributed by atoms with Crippen molar-refractivity contribution in [2.45, 2.75) is 38.3 Å². The fourth-order valence-corrected chi connectivity index (χ4v) is 4.05. The molecule has 0 radical (unpaired) electrons. The number of imidazole rings is 1. The van der Waals surface area contributed by atoms with Crippen molar-refractivity contribution in [3.63, 3.8) is 0 Å². The zero-order chi connectivity index (χ0) is 17.1. The average Bonchev–Trinajstić information content (AvgIpc) is 3.08. The minimum Gasteiger partial charge on any atom is -0.372 e. The van der Waals surface area contributed by atoms with Gasteiger partial charge in [0.05, 0.1) is 17.1 Å². The van der Waals surface area contributed by atoms with Gasteiger partial charge in [0.15, 0.2) is 0 Å². The maximum atomic E-state index is 4.98. The van der Waals surface area contributed by atoms with E-state index in [-0.39, 0.29) is 0 Å². The molecule has 6 nitrogen and oxygen atoms in total. The number of hydrogen-bond acceptors (Lipinski definition) is 4. The molecule has 0 bridgehead atoms. The van der Waals surface area contributed by atoms with Crippen LogP contribution in [-0.2, 0) is 13.0 Å². The zero-order valence-corrected chi connectivity index (χ0v) is 14.5. The lowest BCUT2D eigenvalue weighted by Gasteiger charge is -2.09. The van der Waals surface area contributed by atoms with E-state index in [0.717, 1.165) is 34.9 Å². The molecule has 3 aromatic rings. The minimum absolute atomic E-state index is 0.590. The van der Waals surface area contributed by atoms with Gasteiger partial charge in [0, 0.05) is 36.1 Å². The second-order valence-corrected chi connectivity index (χ2v) is 7.33. The molecule has 2 aromatic heterocycles. The van der Waals surface area contributed by atoms with E-state index in [9.17, 15) is 0 Å². The van der Waals surface area contributed by atoms with Gasteiger partial charge in [0.2, 0.25) is 0 Å². The van der Waals surface area contributed by atoms with Crippen LogP contribution >= 0.6 is 0 Å². The van der Waals surface area contributed by atoms with E-state index in [4.69, 9.17) is 10.1 Å². The Morgan fingerprint density at radius 3 is 3.04 bits per heavy atom. The first-order chi connectivity index (χ1) is 12.9. The normalized spacial score (nSPS) is 17.8. The molecule has 0 amide bonds. The van der Waals surface area contributed by atoms with Crippen molar-refractivity contribution in [2.75, 3.05) is 6.67 Å². The lowest BCUT2D eigenvalue weighted by Crippen LogP contribution is -2.33. The summed E-state index contributed by atoms with van der Waals surface area (Å²) >= 11 is 0. The number of hydrogen-bond donors (Lipinski definition) is 1. The Labute approximate surface area is 150 Å². The van der Waals surface area contributed by atoms with Gasteiger partial charge in [-0.15, -0.1) is 0 Å². The van der Waals surface area contributed by atoms with Crippen molar-refractivity contribution >= 4 is 6.20 Å². The van der Waals surface area contributed by atoms with Gasteiger partial charge in [0.25, 0.3) is 0 Å². The highest BCUT2D eigenvalue weighted by molar-refractivity contribution is 5.77. The predicted octanol–water partition coefficient (Wildman–Crippen LogP) is 1.61.